The third kappa shape index (κ3) is 1.83. The van der Waals surface area contributed by atoms with E-state index < -0.39 is 5.60 Å². The lowest BCUT2D eigenvalue weighted by Gasteiger charge is -2.41. The van der Waals surface area contributed by atoms with Gasteiger partial charge in [-0.3, -0.25) is 0 Å². The SMILES string of the molecule is CC[C@](C)(O)CN[C@@H]1[C@@H](O)[C@H]2CC[C@@]1(C)C2(C)C. The van der Waals surface area contributed by atoms with Gasteiger partial charge in [-0.15, -0.1) is 0 Å². The van der Waals surface area contributed by atoms with E-state index in [4.69, 9.17) is 0 Å². The van der Waals surface area contributed by atoms with Crippen molar-refractivity contribution in [2.24, 2.45) is 16.7 Å². The molecule has 2 bridgehead atoms. The molecule has 0 saturated heterocycles. The Labute approximate surface area is 111 Å². The van der Waals surface area contributed by atoms with Crippen molar-refractivity contribution < 1.29 is 10.2 Å². The zero-order valence-electron chi connectivity index (χ0n) is 12.5. The zero-order chi connectivity index (χ0) is 13.8. The highest BCUT2D eigenvalue weighted by Crippen LogP contribution is 2.65. The number of rotatable bonds is 4. The summed E-state index contributed by atoms with van der Waals surface area (Å²) < 4.78 is 0. The molecule has 3 nitrogen and oxygen atoms in total. The topological polar surface area (TPSA) is 52.5 Å². The summed E-state index contributed by atoms with van der Waals surface area (Å²) in [6.07, 6.45) is 2.76. The molecule has 2 saturated carbocycles. The highest BCUT2D eigenvalue weighted by Gasteiger charge is 2.65. The molecule has 18 heavy (non-hydrogen) atoms. The molecule has 5 atom stereocenters. The van der Waals surface area contributed by atoms with Crippen molar-refractivity contribution >= 4 is 0 Å². The van der Waals surface area contributed by atoms with Gasteiger partial charge in [0.25, 0.3) is 0 Å². The Bertz CT molecular complexity index is 326. The summed E-state index contributed by atoms with van der Waals surface area (Å²) in [5, 5.41) is 24.1. The standard InChI is InChI=1S/C15H29NO2/c1-6-14(4,18)9-16-12-11(17)10-7-8-15(12,5)13(10,2)3/h10-12,16-18H,6-9H2,1-5H3/t10-,11+,12-,14+,15-/m1/s1. The average Bonchev–Trinajstić information content (AvgIpc) is 2.57. The molecule has 0 spiro atoms. The maximum Gasteiger partial charge on any atom is 0.0741 e. The lowest BCUT2D eigenvalue weighted by atomic mass is 9.69. The normalized spacial score (nSPS) is 45.2. The van der Waals surface area contributed by atoms with E-state index in [1.807, 2.05) is 13.8 Å². The minimum atomic E-state index is -0.679. The van der Waals surface area contributed by atoms with Gasteiger partial charge in [-0.05, 0) is 42.9 Å². The molecule has 2 aliphatic carbocycles. The minimum Gasteiger partial charge on any atom is -0.391 e. The van der Waals surface area contributed by atoms with E-state index in [0.29, 0.717) is 12.5 Å². The van der Waals surface area contributed by atoms with E-state index in [-0.39, 0.29) is 23.0 Å². The number of hydrogen-bond acceptors (Lipinski definition) is 3. The molecule has 3 N–H and O–H groups in total. The van der Waals surface area contributed by atoms with Gasteiger partial charge in [0.2, 0.25) is 0 Å². The van der Waals surface area contributed by atoms with Crippen LogP contribution in [0.25, 0.3) is 0 Å². The molecule has 0 heterocycles. The number of hydrogen-bond donors (Lipinski definition) is 3. The van der Waals surface area contributed by atoms with Crippen LogP contribution < -0.4 is 5.32 Å². The fourth-order valence-corrected chi connectivity index (χ4v) is 4.13. The molecule has 0 unspecified atom stereocenters. The fourth-order valence-electron chi connectivity index (χ4n) is 4.13. The molecule has 2 fully saturated rings. The molecule has 2 aliphatic rings. The van der Waals surface area contributed by atoms with E-state index in [2.05, 4.69) is 26.1 Å². The second kappa shape index (κ2) is 4.19. The molecule has 106 valence electrons. The molecule has 0 aromatic carbocycles. The van der Waals surface area contributed by atoms with Crippen LogP contribution in [0.15, 0.2) is 0 Å². The van der Waals surface area contributed by atoms with E-state index in [9.17, 15) is 10.2 Å². The summed E-state index contributed by atoms with van der Waals surface area (Å²) >= 11 is 0. The quantitative estimate of drug-likeness (QED) is 0.719. The maximum absolute atomic E-state index is 10.5. The summed E-state index contributed by atoms with van der Waals surface area (Å²) in [6.45, 7) is 11.3. The first-order valence-electron chi connectivity index (χ1n) is 7.29. The Kier molecular flexibility index (Phi) is 3.33. The first-order chi connectivity index (χ1) is 8.16. The van der Waals surface area contributed by atoms with Crippen molar-refractivity contribution in [3.63, 3.8) is 0 Å². The van der Waals surface area contributed by atoms with Gasteiger partial charge in [0, 0.05) is 12.6 Å². The van der Waals surface area contributed by atoms with Crippen molar-refractivity contribution in [3.05, 3.63) is 0 Å². The number of aliphatic hydroxyl groups is 2. The maximum atomic E-state index is 10.5. The molecule has 0 amide bonds. The van der Waals surface area contributed by atoms with Crippen molar-refractivity contribution in [1.29, 1.82) is 0 Å². The minimum absolute atomic E-state index is 0.115. The summed E-state index contributed by atoms with van der Waals surface area (Å²) in [5.74, 6) is 0.395. The molecule has 2 rings (SSSR count). The summed E-state index contributed by atoms with van der Waals surface area (Å²) in [6, 6.07) is 0.115. The fraction of sp³-hybridized carbons (Fsp3) is 1.00. The van der Waals surface area contributed by atoms with Crippen molar-refractivity contribution in [3.8, 4) is 0 Å². The highest BCUT2D eigenvalue weighted by atomic mass is 16.3. The number of aliphatic hydroxyl groups excluding tert-OH is 1. The van der Waals surface area contributed by atoms with Crippen LogP contribution in [-0.4, -0.2) is 34.5 Å². The smallest absolute Gasteiger partial charge is 0.0741 e. The Balaban J connectivity index is 2.11. The van der Waals surface area contributed by atoms with Crippen molar-refractivity contribution in [2.75, 3.05) is 6.54 Å². The Morgan fingerprint density at radius 2 is 1.94 bits per heavy atom. The van der Waals surface area contributed by atoms with Gasteiger partial charge < -0.3 is 15.5 Å². The van der Waals surface area contributed by atoms with Crippen LogP contribution in [0.4, 0.5) is 0 Å². The van der Waals surface area contributed by atoms with Gasteiger partial charge in [-0.2, -0.15) is 0 Å². The Morgan fingerprint density at radius 1 is 1.33 bits per heavy atom. The highest BCUT2D eigenvalue weighted by molar-refractivity contribution is 5.17. The Morgan fingerprint density at radius 3 is 2.39 bits per heavy atom. The van der Waals surface area contributed by atoms with Gasteiger partial charge in [-0.1, -0.05) is 27.7 Å². The largest absolute Gasteiger partial charge is 0.391 e. The van der Waals surface area contributed by atoms with Gasteiger partial charge in [0.1, 0.15) is 0 Å². The van der Waals surface area contributed by atoms with Crippen molar-refractivity contribution in [2.45, 2.75) is 71.6 Å². The van der Waals surface area contributed by atoms with Gasteiger partial charge >= 0.3 is 0 Å². The van der Waals surface area contributed by atoms with Crippen LogP contribution >= 0.6 is 0 Å². The predicted molar refractivity (Wildman–Crippen MR) is 73.3 cm³/mol. The summed E-state index contributed by atoms with van der Waals surface area (Å²) in [7, 11) is 0. The van der Waals surface area contributed by atoms with E-state index in [0.717, 1.165) is 12.8 Å². The van der Waals surface area contributed by atoms with Gasteiger partial charge in [0.15, 0.2) is 0 Å². The van der Waals surface area contributed by atoms with Crippen LogP contribution in [-0.2, 0) is 0 Å². The third-order valence-corrected chi connectivity index (χ3v) is 6.28. The first-order valence-corrected chi connectivity index (χ1v) is 7.29. The predicted octanol–water partition coefficient (Wildman–Crippen LogP) is 1.92. The van der Waals surface area contributed by atoms with E-state index in [1.54, 1.807) is 0 Å². The molecule has 0 radical (unpaired) electrons. The third-order valence-electron chi connectivity index (χ3n) is 6.28. The average molecular weight is 255 g/mol. The van der Waals surface area contributed by atoms with E-state index >= 15 is 0 Å². The lowest BCUT2D eigenvalue weighted by Crippen LogP contribution is -2.53. The van der Waals surface area contributed by atoms with Crippen LogP contribution in [0.5, 0.6) is 0 Å². The number of nitrogens with one attached hydrogen (secondary N) is 1. The molecule has 3 heteroatoms. The monoisotopic (exact) mass is 255 g/mol. The van der Waals surface area contributed by atoms with Crippen LogP contribution in [0, 0.1) is 16.7 Å². The van der Waals surface area contributed by atoms with Crippen LogP contribution in [0.3, 0.4) is 0 Å². The lowest BCUT2D eigenvalue weighted by molar-refractivity contribution is 0.0191. The second-order valence-electron chi connectivity index (χ2n) is 7.48. The second-order valence-corrected chi connectivity index (χ2v) is 7.48. The molecular formula is C15H29NO2. The van der Waals surface area contributed by atoms with Crippen LogP contribution in [0.2, 0.25) is 0 Å². The first kappa shape index (κ1) is 14.3. The Hall–Kier alpha value is -0.120. The molecule has 0 aliphatic heterocycles. The number of fused-ring (bicyclic) bond motifs is 2. The molecule has 0 aromatic rings. The van der Waals surface area contributed by atoms with Gasteiger partial charge in [-0.25, -0.2) is 0 Å². The van der Waals surface area contributed by atoms with Crippen molar-refractivity contribution in [1.82, 2.24) is 5.32 Å². The van der Waals surface area contributed by atoms with E-state index in [1.165, 1.54) is 6.42 Å². The summed E-state index contributed by atoms with van der Waals surface area (Å²) in [5.41, 5.74) is -0.356. The zero-order valence-corrected chi connectivity index (χ0v) is 12.5. The summed E-state index contributed by atoms with van der Waals surface area (Å²) in [4.78, 5) is 0. The molecule has 0 aromatic heterocycles. The van der Waals surface area contributed by atoms with Crippen LogP contribution in [0.1, 0.15) is 53.9 Å². The molecular weight excluding hydrogens is 226 g/mol. The van der Waals surface area contributed by atoms with Gasteiger partial charge in [0.05, 0.1) is 11.7 Å².